The van der Waals surface area contributed by atoms with E-state index in [9.17, 15) is 9.59 Å². The Morgan fingerprint density at radius 3 is 1.79 bits per heavy atom. The monoisotopic (exact) mass is 394 g/mol. The highest BCUT2D eigenvalue weighted by molar-refractivity contribution is 5.78. The van der Waals surface area contributed by atoms with Crippen molar-refractivity contribution in [1.82, 2.24) is 9.80 Å². The van der Waals surface area contributed by atoms with Crippen LogP contribution in [0.2, 0.25) is 0 Å². The van der Waals surface area contributed by atoms with Crippen molar-refractivity contribution in [3.8, 4) is 0 Å². The van der Waals surface area contributed by atoms with Crippen LogP contribution in [0.15, 0.2) is 25.3 Å². The summed E-state index contributed by atoms with van der Waals surface area (Å²) in [4.78, 5) is 28.0. The zero-order valence-electron chi connectivity index (χ0n) is 19.2. The molecule has 0 heterocycles. The molecule has 0 rings (SSSR count). The molecule has 0 aromatic carbocycles. The third kappa shape index (κ3) is 10.1. The molecule has 0 saturated carbocycles. The van der Waals surface area contributed by atoms with Gasteiger partial charge in [-0.25, -0.2) is 0 Å². The Labute approximate surface area is 172 Å². The van der Waals surface area contributed by atoms with Gasteiger partial charge in [-0.1, -0.05) is 53.7 Å². The molecule has 5 nitrogen and oxygen atoms in total. The SMILES string of the molecule is C=CCN(CC(C)(C)COCC(C)(C)CN(CC=C)C(=O)C(C)CC)C(C)=O. The van der Waals surface area contributed by atoms with Crippen LogP contribution in [0.4, 0.5) is 0 Å². The molecule has 0 spiro atoms. The van der Waals surface area contributed by atoms with E-state index < -0.39 is 0 Å². The topological polar surface area (TPSA) is 49.9 Å². The highest BCUT2D eigenvalue weighted by Crippen LogP contribution is 2.23. The maximum atomic E-state index is 12.6. The molecule has 0 fully saturated rings. The summed E-state index contributed by atoms with van der Waals surface area (Å²) >= 11 is 0. The van der Waals surface area contributed by atoms with Gasteiger partial charge in [-0.2, -0.15) is 0 Å². The molecular formula is C23H42N2O3. The fraction of sp³-hybridized carbons (Fsp3) is 0.739. The van der Waals surface area contributed by atoms with Crippen LogP contribution in [0.1, 0.15) is 54.9 Å². The number of hydrogen-bond acceptors (Lipinski definition) is 3. The van der Waals surface area contributed by atoms with Gasteiger partial charge in [0.1, 0.15) is 0 Å². The molecule has 0 aliphatic heterocycles. The third-order valence-corrected chi connectivity index (χ3v) is 4.71. The summed E-state index contributed by atoms with van der Waals surface area (Å²) in [6, 6.07) is 0. The van der Waals surface area contributed by atoms with E-state index in [0.717, 1.165) is 6.42 Å². The lowest BCUT2D eigenvalue weighted by Gasteiger charge is -2.35. The Morgan fingerprint density at radius 1 is 0.964 bits per heavy atom. The Morgan fingerprint density at radius 2 is 1.39 bits per heavy atom. The van der Waals surface area contributed by atoms with Crippen LogP contribution < -0.4 is 0 Å². The van der Waals surface area contributed by atoms with Gasteiger partial charge in [-0.05, 0) is 6.42 Å². The minimum absolute atomic E-state index is 0.0121. The zero-order chi connectivity index (χ0) is 22.0. The van der Waals surface area contributed by atoms with E-state index in [4.69, 9.17) is 4.74 Å². The van der Waals surface area contributed by atoms with Crippen molar-refractivity contribution in [3.63, 3.8) is 0 Å². The first-order valence-corrected chi connectivity index (χ1v) is 10.2. The largest absolute Gasteiger partial charge is 0.380 e. The lowest BCUT2D eigenvalue weighted by atomic mass is 9.91. The Bertz CT molecular complexity index is 526. The number of rotatable bonds is 14. The van der Waals surface area contributed by atoms with Crippen molar-refractivity contribution < 1.29 is 14.3 Å². The fourth-order valence-electron chi connectivity index (χ4n) is 3.06. The van der Waals surface area contributed by atoms with Crippen molar-refractivity contribution >= 4 is 11.8 Å². The molecule has 0 bridgehead atoms. The zero-order valence-corrected chi connectivity index (χ0v) is 19.2. The van der Waals surface area contributed by atoms with Gasteiger partial charge in [0.2, 0.25) is 11.8 Å². The van der Waals surface area contributed by atoms with Gasteiger partial charge in [0.05, 0.1) is 13.2 Å². The van der Waals surface area contributed by atoms with Crippen molar-refractivity contribution in [2.24, 2.45) is 16.7 Å². The molecule has 0 aliphatic carbocycles. The standard InChI is InChI=1S/C23H42N2O3/c1-10-13-24(20(5)26)15-22(6,7)17-28-18-23(8,9)16-25(14-11-2)21(27)19(4)12-3/h10-11,19H,1-2,12-18H2,3-9H3. The molecule has 0 saturated heterocycles. The second-order valence-corrected chi connectivity index (χ2v) is 9.33. The highest BCUT2D eigenvalue weighted by Gasteiger charge is 2.29. The molecule has 5 heteroatoms. The average Bonchev–Trinajstić information content (AvgIpc) is 2.58. The minimum atomic E-state index is -0.177. The van der Waals surface area contributed by atoms with Crippen LogP contribution in [-0.4, -0.2) is 61.0 Å². The molecule has 162 valence electrons. The first-order valence-electron chi connectivity index (χ1n) is 10.2. The smallest absolute Gasteiger partial charge is 0.225 e. The molecule has 0 radical (unpaired) electrons. The van der Waals surface area contributed by atoms with Crippen molar-refractivity contribution in [2.75, 3.05) is 39.4 Å². The predicted molar refractivity (Wildman–Crippen MR) is 117 cm³/mol. The van der Waals surface area contributed by atoms with Crippen LogP contribution >= 0.6 is 0 Å². The Balaban J connectivity index is 4.79. The van der Waals surface area contributed by atoms with Crippen LogP contribution in [0.5, 0.6) is 0 Å². The number of carbonyl (C=O) groups is 2. The van der Waals surface area contributed by atoms with Crippen LogP contribution in [0, 0.1) is 16.7 Å². The van der Waals surface area contributed by atoms with E-state index in [0.29, 0.717) is 39.4 Å². The second-order valence-electron chi connectivity index (χ2n) is 9.33. The van der Waals surface area contributed by atoms with E-state index >= 15 is 0 Å². The number of carbonyl (C=O) groups excluding carboxylic acids is 2. The quantitative estimate of drug-likeness (QED) is 0.416. The summed E-state index contributed by atoms with van der Waals surface area (Å²) in [5.41, 5.74) is -0.346. The average molecular weight is 395 g/mol. The van der Waals surface area contributed by atoms with Gasteiger partial charge in [-0.3, -0.25) is 9.59 Å². The summed E-state index contributed by atoms with van der Waals surface area (Å²) in [5.74, 6) is 0.215. The summed E-state index contributed by atoms with van der Waals surface area (Å²) in [6.07, 6.45) is 4.34. The Kier molecular flexibility index (Phi) is 11.4. The van der Waals surface area contributed by atoms with Gasteiger partial charge >= 0.3 is 0 Å². The number of amides is 2. The normalized spacial score (nSPS) is 13.0. The molecular weight excluding hydrogens is 352 g/mol. The van der Waals surface area contributed by atoms with Gasteiger partial charge in [-0.15, -0.1) is 13.2 Å². The van der Waals surface area contributed by atoms with Gasteiger partial charge < -0.3 is 14.5 Å². The Hall–Kier alpha value is -1.62. The van der Waals surface area contributed by atoms with E-state index in [1.807, 2.05) is 18.7 Å². The molecule has 28 heavy (non-hydrogen) atoms. The molecule has 1 unspecified atom stereocenters. The third-order valence-electron chi connectivity index (χ3n) is 4.71. The maximum Gasteiger partial charge on any atom is 0.225 e. The molecule has 0 aromatic rings. The van der Waals surface area contributed by atoms with Crippen LogP contribution in [-0.2, 0) is 14.3 Å². The van der Waals surface area contributed by atoms with Crippen LogP contribution in [0.3, 0.4) is 0 Å². The lowest BCUT2D eigenvalue weighted by molar-refractivity contribution is -0.136. The number of nitrogens with zero attached hydrogens (tertiary/aromatic N) is 2. The summed E-state index contributed by atoms with van der Waals surface area (Å²) < 4.78 is 6.04. The lowest BCUT2D eigenvalue weighted by Crippen LogP contribution is -2.44. The minimum Gasteiger partial charge on any atom is -0.380 e. The summed E-state index contributed by atoms with van der Waals surface area (Å²) in [5, 5.41) is 0. The summed E-state index contributed by atoms with van der Waals surface area (Å²) in [6.45, 7) is 24.9. The molecule has 2 amide bonds. The molecule has 1 atom stereocenters. The predicted octanol–water partition coefficient (Wildman–Crippen LogP) is 4.15. The van der Waals surface area contributed by atoms with Crippen molar-refractivity contribution in [1.29, 1.82) is 0 Å². The molecule has 0 aromatic heterocycles. The number of ether oxygens (including phenoxy) is 1. The first-order chi connectivity index (χ1) is 12.9. The maximum absolute atomic E-state index is 12.6. The van der Waals surface area contributed by atoms with E-state index in [-0.39, 0.29) is 28.6 Å². The second kappa shape index (κ2) is 12.1. The van der Waals surface area contributed by atoms with Crippen LogP contribution in [0.25, 0.3) is 0 Å². The first kappa shape index (κ1) is 26.4. The van der Waals surface area contributed by atoms with E-state index in [1.165, 1.54) is 0 Å². The van der Waals surface area contributed by atoms with Crippen molar-refractivity contribution in [3.05, 3.63) is 25.3 Å². The molecule has 0 N–H and O–H groups in total. The van der Waals surface area contributed by atoms with Gasteiger partial charge in [0, 0.05) is 49.9 Å². The highest BCUT2D eigenvalue weighted by atomic mass is 16.5. The van der Waals surface area contributed by atoms with E-state index in [2.05, 4.69) is 40.9 Å². The fourth-order valence-corrected chi connectivity index (χ4v) is 3.06. The molecule has 0 aliphatic rings. The van der Waals surface area contributed by atoms with Crippen molar-refractivity contribution in [2.45, 2.75) is 54.9 Å². The van der Waals surface area contributed by atoms with Gasteiger partial charge in [0.25, 0.3) is 0 Å². The number of hydrogen-bond donors (Lipinski definition) is 0. The van der Waals surface area contributed by atoms with Gasteiger partial charge in [0.15, 0.2) is 0 Å². The van der Waals surface area contributed by atoms with E-state index in [1.54, 1.807) is 24.0 Å². The summed E-state index contributed by atoms with van der Waals surface area (Å²) in [7, 11) is 0.